The summed E-state index contributed by atoms with van der Waals surface area (Å²) in [5.41, 5.74) is 0. The molecule has 0 saturated heterocycles. The molecule has 0 radical (unpaired) electrons. The zero-order valence-corrected chi connectivity index (χ0v) is 10.9. The van der Waals surface area contributed by atoms with Crippen molar-refractivity contribution in [1.82, 2.24) is 3.30 Å². The van der Waals surface area contributed by atoms with Crippen molar-refractivity contribution < 1.29 is 19.0 Å². The summed E-state index contributed by atoms with van der Waals surface area (Å²) in [5.74, 6) is 0. The van der Waals surface area contributed by atoms with Crippen LogP contribution in [0.4, 0.5) is 0 Å². The van der Waals surface area contributed by atoms with E-state index in [1.54, 1.807) is 0 Å². The molecule has 0 amide bonds. The number of rotatable bonds is 2. The average Bonchev–Trinajstić information content (AvgIpc) is 1.83. The van der Waals surface area contributed by atoms with Crippen LogP contribution in [-0.2, 0) is 19.0 Å². The van der Waals surface area contributed by atoms with E-state index in [4.69, 9.17) is 4.14 Å². The molecule has 0 fully saturated rings. The molecule has 0 aromatic carbocycles. The van der Waals surface area contributed by atoms with E-state index >= 15 is 0 Å². The Hall–Kier alpha value is 0.660. The summed E-state index contributed by atoms with van der Waals surface area (Å²) in [7, 11) is 2.14. The van der Waals surface area contributed by atoms with E-state index in [0.29, 0.717) is 3.63 Å². The summed E-state index contributed by atoms with van der Waals surface area (Å²) in [4.78, 5) is 0. The Bertz CT molecular complexity index is 98.3. The summed E-state index contributed by atoms with van der Waals surface area (Å²) in [6.07, 6.45) is 0. The second kappa shape index (κ2) is 3.88. The predicted octanol–water partition coefficient (Wildman–Crippen LogP) is 1.56. The summed E-state index contributed by atoms with van der Waals surface area (Å²) < 4.78 is 8.88. The van der Waals surface area contributed by atoms with Gasteiger partial charge in [0.05, 0.1) is 0 Å². The maximum absolute atomic E-state index is 6.13. The first-order valence-electron chi connectivity index (χ1n) is 3.65. The van der Waals surface area contributed by atoms with Gasteiger partial charge in [0.2, 0.25) is 0 Å². The fraction of sp³-hybridized carbons (Fsp3) is 1.00. The van der Waals surface area contributed by atoms with Crippen molar-refractivity contribution >= 4 is 0 Å². The molecule has 0 aliphatic carbocycles. The molecular weight excluding hydrogens is 293 g/mol. The van der Waals surface area contributed by atoms with Gasteiger partial charge in [-0.25, -0.2) is 0 Å². The third-order valence-electron chi connectivity index (χ3n) is 1.51. The monoisotopic (exact) mass is 312 g/mol. The molecule has 10 heavy (non-hydrogen) atoms. The minimum atomic E-state index is -1.77. The first kappa shape index (κ1) is 10.7. The molecule has 0 aliphatic heterocycles. The van der Waals surface area contributed by atoms with Gasteiger partial charge in [-0.15, -0.1) is 0 Å². The summed E-state index contributed by atoms with van der Waals surface area (Å²) in [6.45, 7) is 10.0. The van der Waals surface area contributed by atoms with Crippen LogP contribution in [0.25, 0.3) is 0 Å². The average molecular weight is 312 g/mol. The van der Waals surface area contributed by atoms with Crippen LogP contribution in [0.5, 0.6) is 0 Å². The molecule has 0 atom stereocenters. The molecule has 3 heteroatoms. The number of nitrogens with zero attached hydrogens (tertiary/aromatic N) is 1. The van der Waals surface area contributed by atoms with Crippen LogP contribution in [0.2, 0.25) is 3.63 Å². The summed E-state index contributed by atoms with van der Waals surface area (Å²) >= 11 is -1.77. The molecule has 0 bridgehead atoms. The normalized spacial score (nSPS) is 13.2. The van der Waals surface area contributed by atoms with Gasteiger partial charge in [0.1, 0.15) is 0 Å². The Morgan fingerprint density at radius 3 is 1.90 bits per heavy atom. The fourth-order valence-corrected chi connectivity index (χ4v) is 5.44. The quantitative estimate of drug-likeness (QED) is 0.838. The van der Waals surface area contributed by atoms with Crippen LogP contribution in [0.3, 0.4) is 0 Å². The Kier molecular flexibility index (Phi) is 4.14. The summed E-state index contributed by atoms with van der Waals surface area (Å²) in [6, 6.07) is 0. The van der Waals surface area contributed by atoms with Gasteiger partial charge in [-0.1, -0.05) is 0 Å². The summed E-state index contributed by atoms with van der Waals surface area (Å²) in [5, 5.41) is 0. The van der Waals surface area contributed by atoms with Gasteiger partial charge >= 0.3 is 71.3 Å². The van der Waals surface area contributed by atoms with E-state index in [9.17, 15) is 0 Å². The Morgan fingerprint density at radius 1 is 1.40 bits per heavy atom. The van der Waals surface area contributed by atoms with Gasteiger partial charge in [-0.2, -0.15) is 0 Å². The van der Waals surface area contributed by atoms with Gasteiger partial charge < -0.3 is 0 Å². The first-order valence-corrected chi connectivity index (χ1v) is 8.55. The topological polar surface area (TPSA) is 29.3 Å². The minimum absolute atomic E-state index is 0.389. The van der Waals surface area contributed by atoms with Crippen molar-refractivity contribution in [3.05, 3.63) is 0 Å². The van der Waals surface area contributed by atoms with Gasteiger partial charge in [0.25, 0.3) is 0 Å². The van der Waals surface area contributed by atoms with Crippen molar-refractivity contribution in [3.63, 3.8) is 0 Å². The molecule has 2 nitrogen and oxygen atoms in total. The third kappa shape index (κ3) is 3.17. The zero-order valence-electron chi connectivity index (χ0n) is 7.68. The van der Waals surface area contributed by atoms with Gasteiger partial charge in [-0.05, 0) is 0 Å². The Balaban J connectivity index is 3.94. The van der Waals surface area contributed by atoms with E-state index < -0.39 is 19.0 Å². The number of hydrogen-bond donors (Lipinski definition) is 1. The van der Waals surface area contributed by atoms with E-state index in [2.05, 4.69) is 38.0 Å². The van der Waals surface area contributed by atoms with E-state index in [1.807, 2.05) is 0 Å². The molecule has 0 aromatic rings. The van der Waals surface area contributed by atoms with Crippen LogP contribution < -0.4 is 4.14 Å². The molecule has 0 aromatic heterocycles. The Labute approximate surface area is 71.5 Å². The van der Waals surface area contributed by atoms with Gasteiger partial charge in [-0.3, -0.25) is 0 Å². The molecule has 0 aliphatic rings. The van der Waals surface area contributed by atoms with E-state index in [-0.39, 0.29) is 0 Å². The molecule has 0 unspecified atom stereocenters. The zero-order chi connectivity index (χ0) is 8.36. The predicted molar refractivity (Wildman–Crippen MR) is 42.2 cm³/mol. The van der Waals surface area contributed by atoms with Crippen molar-refractivity contribution in [3.8, 4) is 0 Å². The first-order chi connectivity index (χ1) is 4.39. The number of hydrogen-bond acceptors (Lipinski definition) is 2. The van der Waals surface area contributed by atoms with Crippen molar-refractivity contribution in [2.24, 2.45) is 4.14 Å². The van der Waals surface area contributed by atoms with Crippen LogP contribution in [0, 0.1) is 0 Å². The molecule has 0 saturated carbocycles. The number of nitrogens with two attached hydrogens (primary N) is 1. The van der Waals surface area contributed by atoms with Crippen molar-refractivity contribution in [1.29, 1.82) is 0 Å². The molecule has 2 N–H and O–H groups in total. The van der Waals surface area contributed by atoms with E-state index in [0.717, 1.165) is 6.54 Å². The molecule has 0 rings (SSSR count). The second-order valence-electron chi connectivity index (χ2n) is 3.49. The van der Waals surface area contributed by atoms with E-state index in [1.165, 1.54) is 0 Å². The van der Waals surface area contributed by atoms with Crippen molar-refractivity contribution in [2.45, 2.75) is 31.3 Å². The standard InChI is InChI=1S/C4H9.C3H8N.H2N.Ta/c1-4(2)3;1-3-4-2;;/h1-3H3;3H2,1-2H3;1H2;/q;2*-1;+2. The Morgan fingerprint density at radius 2 is 1.80 bits per heavy atom. The van der Waals surface area contributed by atoms with Crippen molar-refractivity contribution in [2.75, 3.05) is 13.6 Å². The second-order valence-corrected chi connectivity index (χ2v) is 13.2. The van der Waals surface area contributed by atoms with Crippen LogP contribution in [0.1, 0.15) is 27.7 Å². The molecule has 0 heterocycles. The SMILES string of the molecule is CC[N](C)[Ta]([NH2])[C](C)(C)C. The third-order valence-corrected chi connectivity index (χ3v) is 10.1. The van der Waals surface area contributed by atoms with Gasteiger partial charge in [0.15, 0.2) is 0 Å². The molecular formula is C7H19N2Ta. The van der Waals surface area contributed by atoms with Crippen LogP contribution in [0.15, 0.2) is 0 Å². The van der Waals surface area contributed by atoms with Gasteiger partial charge in [0, 0.05) is 0 Å². The molecule has 0 spiro atoms. The van der Waals surface area contributed by atoms with Crippen LogP contribution >= 0.6 is 0 Å². The molecule has 62 valence electrons. The van der Waals surface area contributed by atoms with Crippen LogP contribution in [-0.4, -0.2) is 16.9 Å². The fourth-order valence-electron chi connectivity index (χ4n) is 0.664. The maximum atomic E-state index is 6.13.